The molecule has 152 valence electrons. The lowest BCUT2D eigenvalue weighted by atomic mass is 9.81. The number of carbonyl (C=O) groups excluding carboxylic acids is 2. The van der Waals surface area contributed by atoms with Crippen molar-refractivity contribution in [1.29, 1.82) is 0 Å². The molecular formula is C21H30N4O3. The number of hydrogen-bond acceptors (Lipinski definition) is 5. The summed E-state index contributed by atoms with van der Waals surface area (Å²) in [6, 6.07) is 4.18. The molecule has 0 aromatic carbocycles. The molecule has 1 aromatic rings. The maximum absolute atomic E-state index is 12.8. The van der Waals surface area contributed by atoms with E-state index in [0.29, 0.717) is 17.4 Å². The van der Waals surface area contributed by atoms with E-state index in [4.69, 9.17) is 4.74 Å². The Kier molecular flexibility index (Phi) is 5.80. The van der Waals surface area contributed by atoms with Crippen LogP contribution < -0.4 is 10.1 Å². The third-order valence-electron chi connectivity index (χ3n) is 6.39. The first-order valence-electron chi connectivity index (χ1n) is 10.5. The number of carbonyl (C=O) groups is 2. The number of aromatic nitrogens is 1. The Bertz CT molecular complexity index is 698. The van der Waals surface area contributed by atoms with Crippen LogP contribution in [0.4, 0.5) is 0 Å². The molecule has 3 fully saturated rings. The van der Waals surface area contributed by atoms with E-state index >= 15 is 0 Å². The molecule has 7 nitrogen and oxygen atoms in total. The van der Waals surface area contributed by atoms with Gasteiger partial charge in [0.2, 0.25) is 11.8 Å². The van der Waals surface area contributed by atoms with Gasteiger partial charge in [-0.2, -0.15) is 0 Å². The first-order valence-corrected chi connectivity index (χ1v) is 10.5. The quantitative estimate of drug-likeness (QED) is 0.834. The van der Waals surface area contributed by atoms with Crippen LogP contribution in [0, 0.1) is 5.92 Å². The molecule has 0 bridgehead atoms. The Morgan fingerprint density at radius 2 is 1.93 bits per heavy atom. The van der Waals surface area contributed by atoms with Gasteiger partial charge < -0.3 is 15.0 Å². The van der Waals surface area contributed by atoms with E-state index in [1.54, 1.807) is 19.2 Å². The predicted octanol–water partition coefficient (Wildman–Crippen LogP) is 1.69. The van der Waals surface area contributed by atoms with Crippen LogP contribution in [-0.2, 0) is 4.79 Å². The van der Waals surface area contributed by atoms with Crippen molar-refractivity contribution < 1.29 is 14.3 Å². The minimum Gasteiger partial charge on any atom is -0.474 e. The van der Waals surface area contributed by atoms with Crippen LogP contribution in [0.3, 0.4) is 0 Å². The molecule has 0 atom stereocenters. The zero-order valence-electron chi connectivity index (χ0n) is 16.6. The smallest absolute Gasteiger partial charge is 0.252 e. The van der Waals surface area contributed by atoms with E-state index in [2.05, 4.69) is 20.1 Å². The lowest BCUT2D eigenvalue weighted by Crippen LogP contribution is -2.47. The van der Waals surface area contributed by atoms with Gasteiger partial charge in [-0.3, -0.25) is 14.5 Å². The zero-order chi connectivity index (χ0) is 19.5. The van der Waals surface area contributed by atoms with Crippen LogP contribution in [0.5, 0.6) is 5.88 Å². The Balaban J connectivity index is 1.22. The van der Waals surface area contributed by atoms with Crippen molar-refractivity contribution in [3.8, 4) is 5.88 Å². The summed E-state index contributed by atoms with van der Waals surface area (Å²) in [5.41, 5.74) is 0.508. The summed E-state index contributed by atoms with van der Waals surface area (Å²) in [5.74, 6) is 0.708. The Morgan fingerprint density at radius 3 is 2.57 bits per heavy atom. The van der Waals surface area contributed by atoms with Gasteiger partial charge in [0.1, 0.15) is 6.10 Å². The van der Waals surface area contributed by atoms with E-state index in [9.17, 15) is 9.59 Å². The highest BCUT2D eigenvalue weighted by molar-refractivity contribution is 5.93. The van der Waals surface area contributed by atoms with Crippen molar-refractivity contribution in [3.05, 3.63) is 23.9 Å². The third kappa shape index (κ3) is 4.14. The van der Waals surface area contributed by atoms with Crippen molar-refractivity contribution >= 4 is 11.8 Å². The SMILES string of the molecule is CNC(=O)c1ccc(OC2CC(C(=O)N3CCCN(C4CCC4)CC3)C2)nc1. The predicted molar refractivity (Wildman–Crippen MR) is 105 cm³/mol. The van der Waals surface area contributed by atoms with Gasteiger partial charge in [-0.05, 0) is 38.2 Å². The minimum atomic E-state index is -0.165. The fraction of sp³-hybridized carbons (Fsp3) is 0.667. The van der Waals surface area contributed by atoms with Gasteiger partial charge in [0, 0.05) is 57.4 Å². The highest BCUT2D eigenvalue weighted by atomic mass is 16.5. The molecule has 1 aromatic heterocycles. The van der Waals surface area contributed by atoms with Gasteiger partial charge in [-0.15, -0.1) is 0 Å². The summed E-state index contributed by atoms with van der Waals surface area (Å²) in [6.45, 7) is 3.89. The molecule has 0 unspecified atom stereocenters. The molecule has 1 saturated heterocycles. The zero-order valence-corrected chi connectivity index (χ0v) is 16.6. The molecule has 0 spiro atoms. The first-order chi connectivity index (χ1) is 13.6. The molecule has 2 heterocycles. The molecular weight excluding hydrogens is 356 g/mol. The van der Waals surface area contributed by atoms with Crippen LogP contribution >= 0.6 is 0 Å². The molecule has 3 aliphatic rings. The highest BCUT2D eigenvalue weighted by Gasteiger charge is 2.39. The molecule has 1 N–H and O–H groups in total. The largest absolute Gasteiger partial charge is 0.474 e. The van der Waals surface area contributed by atoms with Gasteiger partial charge in [-0.1, -0.05) is 6.42 Å². The summed E-state index contributed by atoms with van der Waals surface area (Å²) in [7, 11) is 1.59. The lowest BCUT2D eigenvalue weighted by Gasteiger charge is -2.38. The van der Waals surface area contributed by atoms with E-state index in [1.807, 2.05) is 0 Å². The Morgan fingerprint density at radius 1 is 1.11 bits per heavy atom. The number of nitrogens with zero attached hydrogens (tertiary/aromatic N) is 3. The molecule has 7 heteroatoms. The molecule has 1 aliphatic heterocycles. The third-order valence-corrected chi connectivity index (χ3v) is 6.39. The van der Waals surface area contributed by atoms with Gasteiger partial charge in [0.05, 0.1) is 5.56 Å². The average Bonchev–Trinajstić information content (AvgIpc) is 2.88. The number of ether oxygens (including phenoxy) is 1. The van der Waals surface area contributed by atoms with Crippen LogP contribution in [0.2, 0.25) is 0 Å². The normalized spacial score (nSPS) is 26.0. The Hall–Kier alpha value is -2.15. The summed E-state index contributed by atoms with van der Waals surface area (Å²) in [6.07, 6.45) is 8.14. The van der Waals surface area contributed by atoms with Gasteiger partial charge in [0.25, 0.3) is 5.91 Å². The molecule has 2 saturated carbocycles. The topological polar surface area (TPSA) is 74.8 Å². The van der Waals surface area contributed by atoms with E-state index < -0.39 is 0 Å². The van der Waals surface area contributed by atoms with Gasteiger partial charge in [-0.25, -0.2) is 4.98 Å². The lowest BCUT2D eigenvalue weighted by molar-refractivity contribution is -0.141. The van der Waals surface area contributed by atoms with E-state index in [-0.39, 0.29) is 17.9 Å². The van der Waals surface area contributed by atoms with Crippen LogP contribution in [-0.4, -0.2) is 72.0 Å². The van der Waals surface area contributed by atoms with Crippen molar-refractivity contribution in [2.45, 2.75) is 50.7 Å². The number of nitrogens with one attached hydrogen (secondary N) is 1. The summed E-state index contributed by atoms with van der Waals surface area (Å²) < 4.78 is 5.86. The second-order valence-electron chi connectivity index (χ2n) is 8.17. The standard InChI is InChI=1S/C21H30N4O3/c1-22-20(26)15-6-7-19(23-14-15)28-18-12-16(13-18)21(27)25-9-3-8-24(10-11-25)17-4-2-5-17/h6-7,14,16-18H,2-5,8-13H2,1H3,(H,22,26). The summed E-state index contributed by atoms with van der Waals surface area (Å²) in [5, 5.41) is 2.57. The number of rotatable bonds is 5. The fourth-order valence-corrected chi connectivity index (χ4v) is 4.30. The fourth-order valence-electron chi connectivity index (χ4n) is 4.30. The van der Waals surface area contributed by atoms with Crippen molar-refractivity contribution in [1.82, 2.24) is 20.1 Å². The molecule has 28 heavy (non-hydrogen) atoms. The van der Waals surface area contributed by atoms with Crippen LogP contribution in [0.25, 0.3) is 0 Å². The minimum absolute atomic E-state index is 0.0331. The van der Waals surface area contributed by atoms with Crippen molar-refractivity contribution in [3.63, 3.8) is 0 Å². The molecule has 2 amide bonds. The first kappa shape index (κ1) is 19.2. The second-order valence-corrected chi connectivity index (χ2v) is 8.17. The van der Waals surface area contributed by atoms with E-state index in [1.165, 1.54) is 25.5 Å². The average molecular weight is 386 g/mol. The van der Waals surface area contributed by atoms with Crippen LogP contribution in [0.1, 0.15) is 48.9 Å². The monoisotopic (exact) mass is 386 g/mol. The molecule has 4 rings (SSSR count). The van der Waals surface area contributed by atoms with Gasteiger partial charge in [0.15, 0.2) is 0 Å². The second kappa shape index (κ2) is 8.47. The maximum atomic E-state index is 12.8. The summed E-state index contributed by atoms with van der Waals surface area (Å²) >= 11 is 0. The van der Waals surface area contributed by atoms with Crippen LogP contribution in [0.15, 0.2) is 18.3 Å². The van der Waals surface area contributed by atoms with Crippen molar-refractivity contribution in [2.24, 2.45) is 5.92 Å². The molecule has 0 radical (unpaired) electrons. The van der Waals surface area contributed by atoms with E-state index in [0.717, 1.165) is 51.5 Å². The summed E-state index contributed by atoms with van der Waals surface area (Å²) in [4.78, 5) is 33.2. The Labute approximate surface area is 166 Å². The van der Waals surface area contributed by atoms with Crippen molar-refractivity contribution in [2.75, 3.05) is 33.2 Å². The molecule has 2 aliphatic carbocycles. The number of amides is 2. The number of pyridine rings is 1. The number of hydrogen-bond donors (Lipinski definition) is 1. The van der Waals surface area contributed by atoms with Gasteiger partial charge >= 0.3 is 0 Å². The highest BCUT2D eigenvalue weighted by Crippen LogP contribution is 2.33. The maximum Gasteiger partial charge on any atom is 0.252 e.